The normalized spacial score (nSPS) is 36.0. The minimum Gasteiger partial charge on any atom is -0.508 e. The number of phenolic OH excluding ortho intramolecular Hbond substituents is 1. The molecule has 4 nitrogen and oxygen atoms in total. The first-order valence-electron chi connectivity index (χ1n) is 11.5. The van der Waals surface area contributed by atoms with Crippen LogP contribution in [0.25, 0.3) is 0 Å². The number of hydrogen-bond donors (Lipinski definition) is 1. The van der Waals surface area contributed by atoms with Crippen LogP contribution in [0.4, 0.5) is 0 Å². The molecule has 0 spiro atoms. The summed E-state index contributed by atoms with van der Waals surface area (Å²) in [6.45, 7) is 2.27. The molecule has 1 aromatic carbocycles. The third-order valence-corrected chi connectivity index (χ3v) is 8.63. The van der Waals surface area contributed by atoms with Gasteiger partial charge in [-0.25, -0.2) is 4.79 Å². The van der Waals surface area contributed by atoms with E-state index in [1.165, 1.54) is 11.1 Å². The van der Waals surface area contributed by atoms with Gasteiger partial charge in [-0.1, -0.05) is 25.0 Å². The van der Waals surface area contributed by atoms with Crippen molar-refractivity contribution in [2.24, 2.45) is 17.3 Å². The maximum atomic E-state index is 13.1. The number of hydrogen-bond acceptors (Lipinski definition) is 4. The predicted octanol–water partition coefficient (Wildman–Crippen LogP) is 4.90. The number of ether oxygens (including phenoxy) is 1. The molecule has 3 aliphatic carbocycles. The van der Waals surface area contributed by atoms with E-state index in [0.717, 1.165) is 38.5 Å². The highest BCUT2D eigenvalue weighted by molar-refractivity contribution is 5.89. The number of nitrogens with zero attached hydrogens (tertiary/aromatic N) is 1. The Bertz CT molecular complexity index is 1020. The number of allylic oxidation sites excluding steroid dienone is 1. The first-order valence-corrected chi connectivity index (χ1v) is 11.5. The Labute approximate surface area is 185 Å². The number of carbonyl (C=O) groups excluding carboxylic acids is 1. The van der Waals surface area contributed by atoms with E-state index in [1.54, 1.807) is 0 Å². The Balaban J connectivity index is 1.42. The molecule has 31 heavy (non-hydrogen) atoms. The monoisotopic (exact) mass is 417 g/mol. The van der Waals surface area contributed by atoms with Gasteiger partial charge in [-0.3, -0.25) is 0 Å². The quantitative estimate of drug-likeness (QED) is 0.549. The van der Waals surface area contributed by atoms with Crippen molar-refractivity contribution in [1.29, 1.82) is 0 Å². The number of benzene rings is 1. The van der Waals surface area contributed by atoms with Crippen molar-refractivity contribution < 1.29 is 14.6 Å². The van der Waals surface area contributed by atoms with Crippen molar-refractivity contribution >= 4 is 5.97 Å². The van der Waals surface area contributed by atoms with Crippen LogP contribution in [-0.2, 0) is 16.0 Å². The predicted molar refractivity (Wildman–Crippen MR) is 120 cm³/mol. The van der Waals surface area contributed by atoms with Crippen molar-refractivity contribution in [1.82, 2.24) is 4.90 Å². The van der Waals surface area contributed by atoms with E-state index >= 15 is 0 Å². The molecule has 1 aromatic rings. The van der Waals surface area contributed by atoms with Crippen LogP contribution in [0.15, 0.2) is 42.2 Å². The first-order chi connectivity index (χ1) is 14.9. The van der Waals surface area contributed by atoms with Crippen molar-refractivity contribution in [3.63, 3.8) is 0 Å². The maximum Gasteiger partial charge on any atom is 0.337 e. The smallest absolute Gasteiger partial charge is 0.337 e. The van der Waals surface area contributed by atoms with Gasteiger partial charge in [0.05, 0.1) is 5.57 Å². The van der Waals surface area contributed by atoms with Gasteiger partial charge >= 0.3 is 5.97 Å². The van der Waals surface area contributed by atoms with Gasteiger partial charge in [0.25, 0.3) is 0 Å². The molecule has 162 valence electrons. The van der Waals surface area contributed by atoms with Crippen LogP contribution < -0.4 is 0 Å². The van der Waals surface area contributed by atoms with Crippen molar-refractivity contribution in [3.8, 4) is 18.1 Å². The minimum absolute atomic E-state index is 0.204. The molecule has 5 atom stereocenters. The van der Waals surface area contributed by atoms with E-state index in [-0.39, 0.29) is 11.4 Å². The summed E-state index contributed by atoms with van der Waals surface area (Å²) in [5, 5.41) is 9.90. The summed E-state index contributed by atoms with van der Waals surface area (Å²) in [5.41, 5.74) is 2.30. The first kappa shape index (κ1) is 20.2. The van der Waals surface area contributed by atoms with E-state index in [9.17, 15) is 9.90 Å². The second-order valence-electron chi connectivity index (χ2n) is 10.1. The summed E-state index contributed by atoms with van der Waals surface area (Å²) < 4.78 is 6.24. The van der Waals surface area contributed by atoms with Gasteiger partial charge in [-0.2, -0.15) is 0 Å². The van der Waals surface area contributed by atoms with Crippen LogP contribution in [0, 0.1) is 29.6 Å². The molecule has 4 aliphatic rings. The highest BCUT2D eigenvalue weighted by atomic mass is 16.6. The third-order valence-electron chi connectivity index (χ3n) is 8.63. The minimum atomic E-state index is -0.838. The number of phenols is 1. The second-order valence-corrected chi connectivity index (χ2v) is 10.1. The molecule has 1 aliphatic heterocycles. The van der Waals surface area contributed by atoms with E-state index in [4.69, 9.17) is 11.2 Å². The number of rotatable bonds is 2. The Hall–Kier alpha value is -2.67. The molecule has 4 unspecified atom stereocenters. The molecule has 0 bridgehead atoms. The lowest BCUT2D eigenvalue weighted by Gasteiger charge is -2.52. The number of esters is 1. The average Bonchev–Trinajstić information content (AvgIpc) is 3.06. The Morgan fingerprint density at radius 2 is 2.13 bits per heavy atom. The fourth-order valence-corrected chi connectivity index (χ4v) is 7.05. The molecule has 2 fully saturated rings. The summed E-state index contributed by atoms with van der Waals surface area (Å²) in [5.74, 6) is 4.57. The standard InChI is InChI=1S/C27H31NO3/c1-4-27(31-25(30)19-6-5-15-28(3)17-19)14-12-24-23-9-7-18-16-20(29)8-10-21(18)22(23)11-13-26(24,27)2/h1,5,8,10,15-17,22-24,29H,6-7,9,11-14H2,2-3H3/t22?,23?,24?,26?,27-/m0/s1. The highest BCUT2D eigenvalue weighted by Crippen LogP contribution is 2.65. The molecule has 4 heteroatoms. The molecular formula is C27H31NO3. The molecule has 1 N–H and O–H groups in total. The molecule has 0 saturated heterocycles. The van der Waals surface area contributed by atoms with Crippen LogP contribution >= 0.6 is 0 Å². The van der Waals surface area contributed by atoms with Crippen molar-refractivity contribution in [3.05, 3.63) is 53.4 Å². The Morgan fingerprint density at radius 3 is 2.90 bits per heavy atom. The maximum absolute atomic E-state index is 13.1. The van der Waals surface area contributed by atoms with E-state index < -0.39 is 5.60 Å². The summed E-state index contributed by atoms with van der Waals surface area (Å²) >= 11 is 0. The summed E-state index contributed by atoms with van der Waals surface area (Å²) in [6.07, 6.45) is 18.3. The Morgan fingerprint density at radius 1 is 1.29 bits per heavy atom. The topological polar surface area (TPSA) is 49.8 Å². The Kier molecular flexibility index (Phi) is 4.70. The molecule has 0 radical (unpaired) electrons. The highest BCUT2D eigenvalue weighted by Gasteiger charge is 2.63. The van der Waals surface area contributed by atoms with Crippen LogP contribution in [0.2, 0.25) is 0 Å². The molecule has 5 rings (SSSR count). The summed E-state index contributed by atoms with van der Waals surface area (Å²) in [4.78, 5) is 15.0. The fraction of sp³-hybridized carbons (Fsp3) is 0.519. The van der Waals surface area contributed by atoms with Crippen molar-refractivity contribution in [2.75, 3.05) is 7.05 Å². The average molecular weight is 418 g/mol. The fourth-order valence-electron chi connectivity index (χ4n) is 7.05. The van der Waals surface area contributed by atoms with Crippen LogP contribution in [0.3, 0.4) is 0 Å². The number of aromatic hydroxyl groups is 1. The zero-order chi connectivity index (χ0) is 21.8. The molecular weight excluding hydrogens is 386 g/mol. The van der Waals surface area contributed by atoms with Crippen LogP contribution in [0.5, 0.6) is 5.75 Å². The number of carbonyl (C=O) groups is 1. The molecule has 0 aromatic heterocycles. The van der Waals surface area contributed by atoms with Gasteiger partial charge in [0.2, 0.25) is 0 Å². The molecule has 2 saturated carbocycles. The number of terminal acetylenes is 1. The lowest BCUT2D eigenvalue weighted by atomic mass is 9.53. The van der Waals surface area contributed by atoms with Gasteiger partial charge in [0, 0.05) is 25.1 Å². The van der Waals surface area contributed by atoms with Gasteiger partial charge < -0.3 is 14.7 Å². The summed E-state index contributed by atoms with van der Waals surface area (Å²) in [6, 6.07) is 5.87. The SMILES string of the molecule is C#C[C@]1(OC(=O)C2=CN(C)C=CC2)CCC2C3CCc4cc(O)ccc4C3CCC21C. The van der Waals surface area contributed by atoms with Crippen molar-refractivity contribution in [2.45, 2.75) is 63.4 Å². The third kappa shape index (κ3) is 3.01. The zero-order valence-electron chi connectivity index (χ0n) is 18.4. The van der Waals surface area contributed by atoms with Gasteiger partial charge in [0.15, 0.2) is 5.60 Å². The lowest BCUT2D eigenvalue weighted by molar-refractivity contribution is -0.163. The van der Waals surface area contributed by atoms with Gasteiger partial charge in [-0.05, 0) is 85.7 Å². The molecule has 0 amide bonds. The van der Waals surface area contributed by atoms with Crippen LogP contribution in [0.1, 0.15) is 62.5 Å². The lowest BCUT2D eigenvalue weighted by Crippen LogP contribution is -2.52. The summed E-state index contributed by atoms with van der Waals surface area (Å²) in [7, 11) is 1.91. The van der Waals surface area contributed by atoms with E-state index in [2.05, 4.69) is 18.9 Å². The largest absolute Gasteiger partial charge is 0.508 e. The van der Waals surface area contributed by atoms with Gasteiger partial charge in [-0.15, -0.1) is 6.42 Å². The number of fused-ring (bicyclic) bond motifs is 5. The zero-order valence-corrected chi connectivity index (χ0v) is 18.4. The van der Waals surface area contributed by atoms with Crippen LogP contribution in [-0.4, -0.2) is 28.6 Å². The second kappa shape index (κ2) is 7.19. The number of aryl methyl sites for hydroxylation is 1. The van der Waals surface area contributed by atoms with E-state index in [0.29, 0.717) is 35.5 Å². The van der Waals surface area contributed by atoms with E-state index in [1.807, 2.05) is 42.6 Å². The molecule has 1 heterocycles. The van der Waals surface area contributed by atoms with Gasteiger partial charge in [0.1, 0.15) is 5.75 Å².